The summed E-state index contributed by atoms with van der Waals surface area (Å²) in [5.74, 6) is -0.475. The van der Waals surface area contributed by atoms with Crippen LogP contribution >= 0.6 is 23.2 Å². The number of nitrogens with one attached hydrogen (secondary N) is 1. The molecule has 0 aliphatic carbocycles. The first-order valence-electron chi connectivity index (χ1n) is 2.51. The highest BCUT2D eigenvalue weighted by molar-refractivity contribution is 7.93. The van der Waals surface area contributed by atoms with Gasteiger partial charge in [0.05, 0.1) is 11.4 Å². The molecule has 0 saturated carbocycles. The zero-order chi connectivity index (χ0) is 7.94. The summed E-state index contributed by atoms with van der Waals surface area (Å²) in [5.41, 5.74) is 0. The van der Waals surface area contributed by atoms with Gasteiger partial charge < -0.3 is 4.55 Å². The second kappa shape index (κ2) is 2.44. The summed E-state index contributed by atoms with van der Waals surface area (Å²) in [6, 6.07) is 0. The topological polar surface area (TPSA) is 52.2 Å². The fourth-order valence-electron chi connectivity index (χ4n) is 0.571. The van der Waals surface area contributed by atoms with E-state index >= 15 is 0 Å². The van der Waals surface area contributed by atoms with Crippen LogP contribution < -0.4 is 4.72 Å². The number of hydrogen-bond acceptors (Lipinski definition) is 2. The van der Waals surface area contributed by atoms with Gasteiger partial charge in [0.15, 0.2) is 5.38 Å². The first-order chi connectivity index (χ1) is 4.46. The van der Waals surface area contributed by atoms with Crippen LogP contribution in [-0.2, 0) is 16.2 Å². The Labute approximate surface area is 71.4 Å². The van der Waals surface area contributed by atoms with E-state index in [1.807, 2.05) is 0 Å². The van der Waals surface area contributed by atoms with Crippen LogP contribution in [0.25, 0.3) is 0 Å². The molecule has 0 bridgehead atoms. The van der Waals surface area contributed by atoms with Gasteiger partial charge in [-0.1, -0.05) is 11.6 Å². The molecule has 3 atom stereocenters. The van der Waals surface area contributed by atoms with E-state index in [0.29, 0.717) is 0 Å². The van der Waals surface area contributed by atoms with Crippen molar-refractivity contribution in [2.24, 2.45) is 0 Å². The zero-order valence-corrected chi connectivity index (χ0v) is 7.39. The van der Waals surface area contributed by atoms with Crippen molar-refractivity contribution in [2.45, 2.75) is 16.5 Å². The number of alkyl halides is 2. The molecule has 0 aromatic rings. The Morgan fingerprint density at radius 1 is 1.90 bits per heavy atom. The Bertz CT molecular complexity index is 175. The van der Waals surface area contributed by atoms with Crippen LogP contribution in [0.4, 0.5) is 0 Å². The van der Waals surface area contributed by atoms with Crippen molar-refractivity contribution in [1.29, 1.82) is 0 Å². The number of halogens is 2. The van der Waals surface area contributed by atoms with E-state index in [0.717, 1.165) is 0 Å². The SMILES string of the molecule is CC1(Cl)C(Cl)C(=O)N[S+]1[O-]. The fraction of sp³-hybridized carbons (Fsp3) is 0.750. The molecule has 6 heteroatoms. The van der Waals surface area contributed by atoms with Crippen molar-refractivity contribution in [3.05, 3.63) is 0 Å². The molecule has 0 radical (unpaired) electrons. The Kier molecular flexibility index (Phi) is 2.07. The minimum atomic E-state index is -1.56. The standard InChI is InChI=1S/C4H5Cl2NO2S/c1-4(6)2(5)3(8)7-10(4)9/h2H,1H3,(H,7,8). The van der Waals surface area contributed by atoms with Gasteiger partial charge in [0.2, 0.25) is 4.21 Å². The van der Waals surface area contributed by atoms with Gasteiger partial charge >= 0.3 is 0 Å². The van der Waals surface area contributed by atoms with Crippen molar-refractivity contribution in [1.82, 2.24) is 4.72 Å². The lowest BCUT2D eigenvalue weighted by Crippen LogP contribution is -2.33. The summed E-state index contributed by atoms with van der Waals surface area (Å²) >= 11 is 9.60. The molecule has 3 unspecified atom stereocenters. The normalized spacial score (nSPS) is 47.4. The maximum Gasteiger partial charge on any atom is 0.286 e. The van der Waals surface area contributed by atoms with E-state index in [1.165, 1.54) is 6.92 Å². The fourth-order valence-corrected chi connectivity index (χ4v) is 1.94. The first-order valence-corrected chi connectivity index (χ1v) is 4.48. The zero-order valence-electron chi connectivity index (χ0n) is 5.06. The molecule has 1 heterocycles. The lowest BCUT2D eigenvalue weighted by molar-refractivity contribution is -0.118. The molecule has 58 valence electrons. The summed E-state index contributed by atoms with van der Waals surface area (Å²) in [4.78, 5) is 10.7. The van der Waals surface area contributed by atoms with E-state index in [2.05, 4.69) is 4.72 Å². The van der Waals surface area contributed by atoms with Crippen molar-refractivity contribution in [2.75, 3.05) is 0 Å². The van der Waals surface area contributed by atoms with E-state index in [-0.39, 0.29) is 0 Å². The molecule has 1 N–H and O–H groups in total. The molecule has 1 aliphatic rings. The molecule has 10 heavy (non-hydrogen) atoms. The van der Waals surface area contributed by atoms with Crippen LogP contribution in [0.3, 0.4) is 0 Å². The number of hydrogen-bond donors (Lipinski definition) is 1. The lowest BCUT2D eigenvalue weighted by atomic mass is 10.3. The minimum absolute atomic E-state index is 0.475. The molecule has 1 amide bonds. The minimum Gasteiger partial charge on any atom is -0.591 e. The largest absolute Gasteiger partial charge is 0.591 e. The number of carbonyl (C=O) groups excluding carboxylic acids is 1. The second-order valence-electron chi connectivity index (χ2n) is 2.08. The van der Waals surface area contributed by atoms with Crippen LogP contribution in [0, 0.1) is 0 Å². The highest BCUT2D eigenvalue weighted by atomic mass is 35.5. The van der Waals surface area contributed by atoms with Gasteiger partial charge in [-0.25, -0.2) is 0 Å². The molecule has 1 rings (SSSR count). The molecule has 3 nitrogen and oxygen atoms in total. The Morgan fingerprint density at radius 3 is 2.50 bits per heavy atom. The molecule has 0 aromatic heterocycles. The van der Waals surface area contributed by atoms with Crippen LogP contribution in [0.5, 0.6) is 0 Å². The quantitative estimate of drug-likeness (QED) is 0.455. The predicted molar refractivity (Wildman–Crippen MR) is 40.2 cm³/mol. The number of amides is 1. The number of carbonyl (C=O) groups is 1. The van der Waals surface area contributed by atoms with Crippen molar-refractivity contribution < 1.29 is 9.35 Å². The summed E-state index contributed by atoms with van der Waals surface area (Å²) < 4.78 is 11.8. The highest BCUT2D eigenvalue weighted by Gasteiger charge is 2.55. The van der Waals surface area contributed by atoms with Gasteiger partial charge in [-0.05, 0) is 0 Å². The van der Waals surface area contributed by atoms with E-state index in [1.54, 1.807) is 0 Å². The monoisotopic (exact) mass is 201 g/mol. The molecule has 0 spiro atoms. The van der Waals surface area contributed by atoms with Crippen LogP contribution in [0.15, 0.2) is 0 Å². The van der Waals surface area contributed by atoms with Crippen molar-refractivity contribution >= 4 is 40.5 Å². The van der Waals surface area contributed by atoms with E-state index in [4.69, 9.17) is 23.2 Å². The molecule has 0 aromatic carbocycles. The van der Waals surface area contributed by atoms with Gasteiger partial charge in [-0.2, -0.15) is 4.72 Å². The average Bonchev–Trinajstić information content (AvgIpc) is 1.97. The third-order valence-electron chi connectivity index (χ3n) is 1.24. The first kappa shape index (κ1) is 8.46. The Balaban J connectivity index is 2.85. The van der Waals surface area contributed by atoms with Gasteiger partial charge in [0.25, 0.3) is 5.91 Å². The van der Waals surface area contributed by atoms with Crippen molar-refractivity contribution in [3.63, 3.8) is 0 Å². The van der Waals surface area contributed by atoms with Crippen LogP contribution in [0.2, 0.25) is 0 Å². The summed E-state index contributed by atoms with van der Waals surface area (Å²) in [6.45, 7) is 1.46. The Hall–Kier alpha value is 0.360. The molecular weight excluding hydrogens is 197 g/mol. The van der Waals surface area contributed by atoms with E-state index < -0.39 is 26.9 Å². The van der Waals surface area contributed by atoms with Crippen molar-refractivity contribution in [3.8, 4) is 0 Å². The van der Waals surface area contributed by atoms with Gasteiger partial charge in [0, 0.05) is 6.92 Å². The van der Waals surface area contributed by atoms with Gasteiger partial charge in [-0.15, -0.1) is 11.6 Å². The molecular formula is C4H5Cl2NO2S. The second-order valence-corrected chi connectivity index (χ2v) is 5.12. The predicted octanol–water partition coefficient (Wildman–Crippen LogP) is 0.342. The maximum atomic E-state index is 10.9. The maximum absolute atomic E-state index is 10.9. The van der Waals surface area contributed by atoms with Gasteiger partial charge in [-0.3, -0.25) is 4.79 Å². The molecule has 1 saturated heterocycles. The van der Waals surface area contributed by atoms with Crippen LogP contribution in [-0.4, -0.2) is 20.0 Å². The highest BCUT2D eigenvalue weighted by Crippen LogP contribution is 2.34. The lowest BCUT2D eigenvalue weighted by Gasteiger charge is -2.15. The summed E-state index contributed by atoms with van der Waals surface area (Å²) in [6.07, 6.45) is 0. The van der Waals surface area contributed by atoms with Gasteiger partial charge in [0.1, 0.15) is 0 Å². The van der Waals surface area contributed by atoms with Crippen LogP contribution in [0.1, 0.15) is 6.92 Å². The van der Waals surface area contributed by atoms with E-state index in [9.17, 15) is 9.35 Å². The third-order valence-corrected chi connectivity index (χ3v) is 4.10. The Morgan fingerprint density at radius 2 is 2.40 bits per heavy atom. The summed E-state index contributed by atoms with van der Waals surface area (Å²) in [7, 11) is 0. The smallest absolute Gasteiger partial charge is 0.286 e. The molecule has 1 fully saturated rings. The molecule has 1 aliphatic heterocycles. The average molecular weight is 202 g/mol. The number of rotatable bonds is 0. The third kappa shape index (κ3) is 1.09. The summed E-state index contributed by atoms with van der Waals surface area (Å²) in [5, 5.41) is -0.907.